The van der Waals surface area contributed by atoms with Gasteiger partial charge in [0, 0.05) is 25.0 Å². The minimum absolute atomic E-state index is 0.518. The van der Waals surface area contributed by atoms with Crippen LogP contribution >= 0.6 is 0 Å². The lowest BCUT2D eigenvalue weighted by atomic mass is 10.0. The number of hydrogen-bond donors (Lipinski definition) is 1. The van der Waals surface area contributed by atoms with E-state index in [0.717, 1.165) is 38.8 Å². The second-order valence-corrected chi connectivity index (χ2v) is 5.70. The number of nitrogens with one attached hydrogen (secondary N) is 1. The molecule has 2 unspecified atom stereocenters. The Labute approximate surface area is 111 Å². The topological polar surface area (TPSA) is 24.5 Å². The first-order valence-electron chi connectivity index (χ1n) is 7.30. The fraction of sp³-hybridized carbons (Fsp3) is 0.867. The second-order valence-electron chi connectivity index (χ2n) is 5.70. The number of terminal acetylenes is 1. The molecule has 2 fully saturated rings. The van der Waals surface area contributed by atoms with E-state index in [9.17, 15) is 0 Å². The molecule has 1 N–H and O–H groups in total. The zero-order chi connectivity index (χ0) is 12.8. The van der Waals surface area contributed by atoms with Gasteiger partial charge in [-0.05, 0) is 31.7 Å². The number of rotatable bonds is 8. The third kappa shape index (κ3) is 4.28. The van der Waals surface area contributed by atoms with Crippen LogP contribution in [0.15, 0.2) is 0 Å². The molecule has 1 heterocycles. The Hall–Kier alpha value is -0.560. The van der Waals surface area contributed by atoms with Crippen molar-refractivity contribution in [2.45, 2.75) is 32.2 Å². The van der Waals surface area contributed by atoms with Crippen LogP contribution in [0.1, 0.15) is 26.2 Å². The van der Waals surface area contributed by atoms with Gasteiger partial charge in [0.1, 0.15) is 0 Å². The highest BCUT2D eigenvalue weighted by atomic mass is 16.5. The van der Waals surface area contributed by atoms with Gasteiger partial charge in [-0.2, -0.15) is 0 Å². The summed E-state index contributed by atoms with van der Waals surface area (Å²) in [5, 5.41) is 3.59. The van der Waals surface area contributed by atoms with Crippen molar-refractivity contribution in [1.82, 2.24) is 10.2 Å². The van der Waals surface area contributed by atoms with Gasteiger partial charge in [-0.25, -0.2) is 0 Å². The smallest absolute Gasteiger partial charge is 0.0623 e. The van der Waals surface area contributed by atoms with Gasteiger partial charge >= 0.3 is 0 Å². The van der Waals surface area contributed by atoms with Gasteiger partial charge in [0.25, 0.3) is 0 Å². The van der Waals surface area contributed by atoms with Crippen LogP contribution in [0, 0.1) is 24.2 Å². The molecule has 1 aliphatic heterocycles. The lowest BCUT2D eigenvalue weighted by Crippen LogP contribution is -2.42. The van der Waals surface area contributed by atoms with Crippen LogP contribution in [0.4, 0.5) is 0 Å². The van der Waals surface area contributed by atoms with E-state index in [1.807, 2.05) is 0 Å². The molecule has 3 nitrogen and oxygen atoms in total. The Morgan fingerprint density at radius 3 is 2.83 bits per heavy atom. The first-order valence-corrected chi connectivity index (χ1v) is 7.30. The Kier molecular flexibility index (Phi) is 5.49. The van der Waals surface area contributed by atoms with Crippen molar-refractivity contribution in [3.8, 4) is 12.3 Å². The van der Waals surface area contributed by atoms with Gasteiger partial charge < -0.3 is 10.1 Å². The Morgan fingerprint density at radius 1 is 1.33 bits per heavy atom. The van der Waals surface area contributed by atoms with Crippen molar-refractivity contribution in [3.63, 3.8) is 0 Å². The Morgan fingerprint density at radius 2 is 2.17 bits per heavy atom. The molecule has 0 aromatic carbocycles. The monoisotopic (exact) mass is 250 g/mol. The fourth-order valence-electron chi connectivity index (χ4n) is 2.66. The Balaban J connectivity index is 1.78. The minimum Gasteiger partial charge on any atom is -0.379 e. The summed E-state index contributed by atoms with van der Waals surface area (Å²) in [4.78, 5) is 2.44. The van der Waals surface area contributed by atoms with E-state index < -0.39 is 0 Å². The molecule has 2 aliphatic rings. The molecule has 1 saturated heterocycles. The number of ether oxygens (including phenoxy) is 1. The summed E-state index contributed by atoms with van der Waals surface area (Å²) in [5.41, 5.74) is 0. The van der Waals surface area contributed by atoms with Crippen LogP contribution in [0.5, 0.6) is 0 Å². The van der Waals surface area contributed by atoms with Gasteiger partial charge in [-0.1, -0.05) is 12.8 Å². The summed E-state index contributed by atoms with van der Waals surface area (Å²) in [6.45, 7) is 8.08. The largest absolute Gasteiger partial charge is 0.379 e. The molecule has 18 heavy (non-hydrogen) atoms. The first kappa shape index (κ1) is 13.9. The van der Waals surface area contributed by atoms with Crippen LogP contribution in [0.25, 0.3) is 0 Å². The van der Waals surface area contributed by atoms with Crippen LogP contribution in [0.3, 0.4) is 0 Å². The summed E-state index contributed by atoms with van der Waals surface area (Å²) < 4.78 is 5.63. The van der Waals surface area contributed by atoms with Crippen molar-refractivity contribution in [1.29, 1.82) is 0 Å². The lowest BCUT2D eigenvalue weighted by Gasteiger charge is -2.26. The van der Waals surface area contributed by atoms with Gasteiger partial charge in [-0.3, -0.25) is 4.90 Å². The zero-order valence-electron chi connectivity index (χ0n) is 11.5. The highest BCUT2D eigenvalue weighted by molar-refractivity contribution is 4.92. The van der Waals surface area contributed by atoms with Crippen molar-refractivity contribution in [3.05, 3.63) is 0 Å². The molecule has 0 amide bonds. The minimum atomic E-state index is 0.518. The predicted octanol–water partition coefficient (Wildman–Crippen LogP) is 1.35. The van der Waals surface area contributed by atoms with E-state index in [2.05, 4.69) is 23.1 Å². The standard InChI is InChI=1S/C15H26N2O/c1-3-7-16-15-12-18-11-14(15)10-17(8-4-2)9-13-5-6-13/h2,13-16H,3,5-12H2,1H3. The van der Waals surface area contributed by atoms with Crippen molar-refractivity contribution in [2.75, 3.05) is 39.4 Å². The first-order chi connectivity index (χ1) is 8.83. The normalized spacial score (nSPS) is 27.6. The molecule has 2 atom stereocenters. The number of hydrogen-bond acceptors (Lipinski definition) is 3. The molecule has 0 radical (unpaired) electrons. The lowest BCUT2D eigenvalue weighted by molar-refractivity contribution is 0.169. The van der Waals surface area contributed by atoms with Crippen LogP contribution < -0.4 is 5.32 Å². The van der Waals surface area contributed by atoms with E-state index in [1.165, 1.54) is 25.8 Å². The molecule has 0 bridgehead atoms. The molecule has 1 aliphatic carbocycles. The predicted molar refractivity (Wildman–Crippen MR) is 74.4 cm³/mol. The molecule has 0 aromatic rings. The zero-order valence-corrected chi connectivity index (χ0v) is 11.5. The van der Waals surface area contributed by atoms with E-state index in [-0.39, 0.29) is 0 Å². The molecule has 0 aromatic heterocycles. The molecule has 0 spiro atoms. The third-order valence-electron chi connectivity index (χ3n) is 3.88. The van der Waals surface area contributed by atoms with Crippen molar-refractivity contribution in [2.24, 2.45) is 11.8 Å². The molecule has 2 rings (SSSR count). The maximum Gasteiger partial charge on any atom is 0.0623 e. The Bertz CT molecular complexity index is 283. The fourth-order valence-corrected chi connectivity index (χ4v) is 2.66. The van der Waals surface area contributed by atoms with Crippen molar-refractivity contribution < 1.29 is 4.74 Å². The molecule has 3 heteroatoms. The summed E-state index contributed by atoms with van der Waals surface area (Å²) >= 11 is 0. The highest BCUT2D eigenvalue weighted by Crippen LogP contribution is 2.30. The summed E-state index contributed by atoms with van der Waals surface area (Å²) in [7, 11) is 0. The molecular weight excluding hydrogens is 224 g/mol. The second kappa shape index (κ2) is 7.13. The molecule has 1 saturated carbocycles. The summed E-state index contributed by atoms with van der Waals surface area (Å²) in [5.74, 6) is 4.30. The van der Waals surface area contributed by atoms with Gasteiger partial charge in [0.15, 0.2) is 0 Å². The average molecular weight is 250 g/mol. The maximum atomic E-state index is 5.63. The summed E-state index contributed by atoms with van der Waals surface area (Å²) in [6.07, 6.45) is 9.43. The average Bonchev–Trinajstić information content (AvgIpc) is 3.06. The highest BCUT2D eigenvalue weighted by Gasteiger charge is 2.31. The van der Waals surface area contributed by atoms with E-state index in [4.69, 9.17) is 11.2 Å². The van der Waals surface area contributed by atoms with E-state index in [0.29, 0.717) is 12.0 Å². The quantitative estimate of drug-likeness (QED) is 0.658. The summed E-state index contributed by atoms with van der Waals surface area (Å²) in [6, 6.07) is 0.518. The SMILES string of the molecule is C#CCN(CC1CC1)CC1COCC1NCCC. The van der Waals surface area contributed by atoms with E-state index >= 15 is 0 Å². The van der Waals surface area contributed by atoms with Crippen molar-refractivity contribution >= 4 is 0 Å². The van der Waals surface area contributed by atoms with E-state index in [1.54, 1.807) is 0 Å². The molecular formula is C15H26N2O. The molecule has 102 valence electrons. The van der Waals surface area contributed by atoms with Gasteiger partial charge in [0.2, 0.25) is 0 Å². The third-order valence-corrected chi connectivity index (χ3v) is 3.88. The number of nitrogens with zero attached hydrogens (tertiary/aromatic N) is 1. The van der Waals surface area contributed by atoms with Crippen LogP contribution in [-0.4, -0.2) is 50.3 Å². The van der Waals surface area contributed by atoms with Crippen LogP contribution in [0.2, 0.25) is 0 Å². The van der Waals surface area contributed by atoms with Crippen LogP contribution in [-0.2, 0) is 4.74 Å². The van der Waals surface area contributed by atoms with Gasteiger partial charge in [-0.15, -0.1) is 6.42 Å². The maximum absolute atomic E-state index is 5.63. The van der Waals surface area contributed by atoms with Gasteiger partial charge in [0.05, 0.1) is 19.8 Å².